The van der Waals surface area contributed by atoms with Crippen LogP contribution in [0.15, 0.2) is 53.6 Å². The summed E-state index contributed by atoms with van der Waals surface area (Å²) in [5.41, 5.74) is 3.88. The summed E-state index contributed by atoms with van der Waals surface area (Å²) < 4.78 is 11.1. The molecule has 176 valence electrons. The number of carbonyl (C=O) groups is 2. The number of carboxylic acid groups (broad SMARTS) is 1. The molecule has 0 spiro atoms. The Labute approximate surface area is 200 Å². The second-order valence-corrected chi connectivity index (χ2v) is 8.55. The van der Waals surface area contributed by atoms with Crippen molar-refractivity contribution in [2.75, 3.05) is 14.2 Å². The van der Waals surface area contributed by atoms with Gasteiger partial charge in [0.1, 0.15) is 17.1 Å². The van der Waals surface area contributed by atoms with Crippen LogP contribution in [0.4, 0.5) is 0 Å². The number of aromatic carboxylic acids is 1. The van der Waals surface area contributed by atoms with Crippen LogP contribution in [0.2, 0.25) is 5.02 Å². The topological polar surface area (TPSA) is 72.8 Å². The van der Waals surface area contributed by atoms with Crippen LogP contribution in [-0.4, -0.2) is 31.1 Å². The number of hydrogen-bond acceptors (Lipinski definition) is 4. The third-order valence-corrected chi connectivity index (χ3v) is 5.58. The number of hydrogen-bond donors (Lipinski definition) is 1. The summed E-state index contributed by atoms with van der Waals surface area (Å²) >= 11 is 5.90. The van der Waals surface area contributed by atoms with Gasteiger partial charge in [-0.1, -0.05) is 34.9 Å². The number of ketones is 1. The maximum absolute atomic E-state index is 12.8. The largest absolute Gasteiger partial charge is 0.496 e. The lowest BCUT2D eigenvalue weighted by atomic mass is 9.93. The average Bonchev–Trinajstić information content (AvgIpc) is 2.77. The zero-order chi connectivity index (χ0) is 24.5. The van der Waals surface area contributed by atoms with Gasteiger partial charge in [-0.2, -0.15) is 0 Å². The highest BCUT2D eigenvalue weighted by Gasteiger charge is 2.25. The number of carboxylic acids is 1. The molecule has 0 aromatic heterocycles. The van der Waals surface area contributed by atoms with E-state index in [4.69, 9.17) is 21.1 Å². The second-order valence-electron chi connectivity index (χ2n) is 8.11. The first-order valence-corrected chi connectivity index (χ1v) is 11.1. The molecule has 0 amide bonds. The van der Waals surface area contributed by atoms with Crippen molar-refractivity contribution in [3.8, 4) is 11.5 Å². The van der Waals surface area contributed by atoms with Crippen molar-refractivity contribution in [1.82, 2.24) is 0 Å². The fourth-order valence-corrected chi connectivity index (χ4v) is 3.70. The Bertz CT molecular complexity index is 1060. The van der Waals surface area contributed by atoms with Gasteiger partial charge in [-0.15, -0.1) is 0 Å². The van der Waals surface area contributed by atoms with Crippen molar-refractivity contribution in [1.29, 1.82) is 0 Å². The van der Waals surface area contributed by atoms with E-state index in [1.165, 1.54) is 25.4 Å². The number of methoxy groups -OCH3 is 2. The van der Waals surface area contributed by atoms with Gasteiger partial charge < -0.3 is 14.6 Å². The molecule has 5 nitrogen and oxygen atoms in total. The molecule has 0 saturated carbocycles. The predicted octanol–water partition coefficient (Wildman–Crippen LogP) is 6.72. The third kappa shape index (κ3) is 7.22. The van der Waals surface area contributed by atoms with Gasteiger partial charge in [0.05, 0.1) is 14.2 Å². The molecule has 6 heteroatoms. The first kappa shape index (κ1) is 26.2. The van der Waals surface area contributed by atoms with Gasteiger partial charge >= 0.3 is 5.97 Å². The van der Waals surface area contributed by atoms with Crippen molar-refractivity contribution in [3.63, 3.8) is 0 Å². The quantitative estimate of drug-likeness (QED) is 0.291. The Balaban J connectivity index is 2.43. The first-order chi connectivity index (χ1) is 15.7. The van der Waals surface area contributed by atoms with E-state index in [2.05, 4.69) is 32.9 Å². The average molecular weight is 471 g/mol. The SMILES string of the molecule is COc1cc(CC(=O)c2ccc(Cl)cc2)c(C(=O)O)c(OC)c1C/C=C(\C)CCC=C(C)C. The molecule has 0 saturated heterocycles. The lowest BCUT2D eigenvalue weighted by Crippen LogP contribution is -2.13. The van der Waals surface area contributed by atoms with Crippen LogP contribution in [0.1, 0.15) is 65.5 Å². The molecular formula is C27H31ClO5. The Kier molecular flexibility index (Phi) is 9.74. The third-order valence-electron chi connectivity index (χ3n) is 5.33. The fourth-order valence-electron chi connectivity index (χ4n) is 3.58. The molecule has 2 aromatic carbocycles. The van der Waals surface area contributed by atoms with Crippen LogP contribution < -0.4 is 9.47 Å². The van der Waals surface area contributed by atoms with Crippen LogP contribution in [0, 0.1) is 0 Å². The van der Waals surface area contributed by atoms with Crippen LogP contribution in [0.3, 0.4) is 0 Å². The van der Waals surface area contributed by atoms with E-state index in [-0.39, 0.29) is 23.5 Å². The number of Topliss-reactive ketones (excluding diaryl/α,β-unsaturated/α-hetero) is 1. The lowest BCUT2D eigenvalue weighted by molar-refractivity contribution is 0.0692. The summed E-state index contributed by atoms with van der Waals surface area (Å²) in [5, 5.41) is 10.5. The van der Waals surface area contributed by atoms with Gasteiger partial charge in [0.2, 0.25) is 0 Å². The van der Waals surface area contributed by atoms with Crippen molar-refractivity contribution < 1.29 is 24.2 Å². The molecular weight excluding hydrogens is 440 g/mol. The van der Waals surface area contributed by atoms with E-state index < -0.39 is 5.97 Å². The van der Waals surface area contributed by atoms with Crippen LogP contribution in [0.25, 0.3) is 0 Å². The van der Waals surface area contributed by atoms with Crippen LogP contribution in [0.5, 0.6) is 11.5 Å². The maximum atomic E-state index is 12.8. The van der Waals surface area contributed by atoms with E-state index in [1.54, 1.807) is 30.3 Å². The lowest BCUT2D eigenvalue weighted by Gasteiger charge is -2.18. The fraction of sp³-hybridized carbons (Fsp3) is 0.333. The molecule has 2 rings (SSSR count). The van der Waals surface area contributed by atoms with E-state index >= 15 is 0 Å². The van der Waals surface area contributed by atoms with Crippen LogP contribution >= 0.6 is 11.6 Å². The summed E-state index contributed by atoms with van der Waals surface area (Å²) in [5.74, 6) is -0.668. The molecule has 1 N–H and O–H groups in total. The van der Waals surface area contributed by atoms with Gasteiger partial charge in [0.25, 0.3) is 0 Å². The number of ether oxygens (including phenoxy) is 2. The molecule has 0 atom stereocenters. The Morgan fingerprint density at radius 3 is 2.24 bits per heavy atom. The Hall–Kier alpha value is -3.05. The molecule has 0 aliphatic heterocycles. The van der Waals surface area contributed by atoms with Crippen molar-refractivity contribution in [2.24, 2.45) is 0 Å². The monoisotopic (exact) mass is 470 g/mol. The summed E-state index contributed by atoms with van der Waals surface area (Å²) in [6.45, 7) is 6.19. The standard InChI is InChI=1S/C27H31ClO5/c1-17(2)7-6-8-18(3)9-14-22-24(32-4)16-20(25(27(30)31)26(22)33-5)15-23(29)19-10-12-21(28)13-11-19/h7,9-13,16H,6,8,14-15H2,1-5H3,(H,30,31)/b18-9+. The van der Waals surface area contributed by atoms with Gasteiger partial charge in [0, 0.05) is 22.6 Å². The minimum absolute atomic E-state index is 0.0220. The smallest absolute Gasteiger partial charge is 0.339 e. The number of rotatable bonds is 11. The molecule has 0 radical (unpaired) electrons. The van der Waals surface area contributed by atoms with Crippen molar-refractivity contribution in [3.05, 3.63) is 80.9 Å². The second kappa shape index (κ2) is 12.3. The number of allylic oxidation sites excluding steroid dienone is 4. The molecule has 0 unspecified atom stereocenters. The normalized spacial score (nSPS) is 11.2. The van der Waals surface area contributed by atoms with Gasteiger partial charge in [-0.25, -0.2) is 4.79 Å². The van der Waals surface area contributed by atoms with E-state index in [9.17, 15) is 14.7 Å². The molecule has 0 heterocycles. The number of benzene rings is 2. The zero-order valence-electron chi connectivity index (χ0n) is 19.8. The summed E-state index contributed by atoms with van der Waals surface area (Å²) in [6, 6.07) is 8.13. The van der Waals surface area contributed by atoms with Gasteiger partial charge in [0.15, 0.2) is 5.78 Å². The first-order valence-electron chi connectivity index (χ1n) is 10.8. The Morgan fingerprint density at radius 2 is 1.70 bits per heavy atom. The van der Waals surface area contributed by atoms with Gasteiger partial charge in [-0.05, 0) is 75.9 Å². The number of halogens is 1. The van der Waals surface area contributed by atoms with E-state index in [1.807, 2.05) is 0 Å². The molecule has 0 aliphatic carbocycles. The van der Waals surface area contributed by atoms with Gasteiger partial charge in [-0.3, -0.25) is 4.79 Å². The maximum Gasteiger partial charge on any atom is 0.339 e. The summed E-state index contributed by atoms with van der Waals surface area (Å²) in [4.78, 5) is 25.0. The molecule has 0 aliphatic rings. The van der Waals surface area contributed by atoms with E-state index in [0.717, 1.165) is 12.8 Å². The zero-order valence-corrected chi connectivity index (χ0v) is 20.6. The summed E-state index contributed by atoms with van der Waals surface area (Å²) in [7, 11) is 2.95. The number of carbonyl (C=O) groups excluding carboxylic acids is 1. The molecule has 33 heavy (non-hydrogen) atoms. The van der Waals surface area contributed by atoms with E-state index in [0.29, 0.717) is 33.9 Å². The van der Waals surface area contributed by atoms with Crippen molar-refractivity contribution in [2.45, 2.75) is 46.5 Å². The highest BCUT2D eigenvalue weighted by molar-refractivity contribution is 6.30. The highest BCUT2D eigenvalue weighted by atomic mass is 35.5. The summed E-state index contributed by atoms with van der Waals surface area (Å²) in [6.07, 6.45) is 6.46. The minimum atomic E-state index is -1.15. The van der Waals surface area contributed by atoms with Crippen molar-refractivity contribution >= 4 is 23.4 Å². The molecule has 0 fully saturated rings. The highest BCUT2D eigenvalue weighted by Crippen LogP contribution is 2.37. The molecule has 0 bridgehead atoms. The predicted molar refractivity (Wildman–Crippen MR) is 132 cm³/mol. The molecule has 2 aromatic rings. The minimum Gasteiger partial charge on any atom is -0.496 e. The Morgan fingerprint density at radius 1 is 1.03 bits per heavy atom. The van der Waals surface area contributed by atoms with Crippen LogP contribution in [-0.2, 0) is 12.8 Å².